The number of carbonyl (C=O) groups is 2. The van der Waals surface area contributed by atoms with Crippen molar-refractivity contribution in [3.05, 3.63) is 0 Å². The van der Waals surface area contributed by atoms with E-state index in [1.165, 1.54) is 0 Å². The molecule has 0 aliphatic carbocycles. The van der Waals surface area contributed by atoms with Crippen molar-refractivity contribution in [2.24, 2.45) is 0 Å². The predicted molar refractivity (Wildman–Crippen MR) is 79.0 cm³/mol. The Morgan fingerprint density at radius 2 is 0.909 bits per heavy atom. The Hall–Kier alpha value is -1.22. The van der Waals surface area contributed by atoms with E-state index in [0.717, 1.165) is 8.97 Å². The Morgan fingerprint density at radius 3 is 0.909 bits per heavy atom. The quantitative estimate of drug-likeness (QED) is 0.332. The molecule has 0 saturated carbocycles. The molecule has 0 amide bonds. The van der Waals surface area contributed by atoms with Crippen LogP contribution in [0.25, 0.3) is 0 Å². The third-order valence-corrected chi connectivity index (χ3v) is 3.03. The number of aliphatic carboxylic acids is 2. The summed E-state index contributed by atoms with van der Waals surface area (Å²) in [6.45, 7) is 4.11. The van der Waals surface area contributed by atoms with Gasteiger partial charge in [0.25, 0.3) is 0 Å². The lowest BCUT2D eigenvalue weighted by molar-refractivity contribution is -0.916. The zero-order valence-corrected chi connectivity index (χ0v) is 15.5. The van der Waals surface area contributed by atoms with E-state index < -0.39 is 11.9 Å². The number of methoxy groups -OCH3 is 2. The van der Waals surface area contributed by atoms with E-state index in [1.54, 1.807) is 14.2 Å². The zero-order chi connectivity index (χ0) is 18.7. The molecule has 0 aliphatic heterocycles. The van der Waals surface area contributed by atoms with Crippen LogP contribution in [0.3, 0.4) is 0 Å². The van der Waals surface area contributed by atoms with Gasteiger partial charge in [-0.3, -0.25) is 0 Å². The van der Waals surface area contributed by atoms with E-state index in [2.05, 4.69) is 56.1 Å². The fraction of sp³-hybridized carbons (Fsp3) is 0.857. The summed E-state index contributed by atoms with van der Waals surface area (Å²) in [7, 11) is 16.1. The van der Waals surface area contributed by atoms with Crippen LogP contribution in [0.2, 0.25) is 0 Å². The van der Waals surface area contributed by atoms with Gasteiger partial charge in [-0.15, -0.1) is 0 Å². The monoisotopic (exact) mass is 324 g/mol. The van der Waals surface area contributed by atoms with Crippen LogP contribution in [-0.2, 0) is 19.1 Å². The van der Waals surface area contributed by atoms with E-state index in [0.29, 0.717) is 0 Å². The molecule has 0 rings (SSSR count). The summed E-state index contributed by atoms with van der Waals surface area (Å²) >= 11 is 0. The van der Waals surface area contributed by atoms with Gasteiger partial charge in [-0.1, -0.05) is 0 Å². The van der Waals surface area contributed by atoms with Gasteiger partial charge in [-0.2, -0.15) is 0 Å². The number of hydrogen-bond donors (Lipinski definition) is 0. The molecule has 0 aromatic rings. The van der Waals surface area contributed by atoms with E-state index in [9.17, 15) is 0 Å². The van der Waals surface area contributed by atoms with Crippen LogP contribution < -0.4 is 10.2 Å². The van der Waals surface area contributed by atoms with Gasteiger partial charge in [0, 0.05) is 28.1 Å². The average Bonchev–Trinajstić information content (AvgIpc) is 2.35. The van der Waals surface area contributed by atoms with Gasteiger partial charge >= 0.3 is 0 Å². The number of ether oxygens (including phenoxy) is 2. The molecule has 0 fully saturated rings. The Balaban J connectivity index is -0.000000249. The third-order valence-electron chi connectivity index (χ3n) is 3.03. The van der Waals surface area contributed by atoms with Crippen molar-refractivity contribution in [3.8, 4) is 0 Å². The number of carbonyl (C=O) groups excluding carboxylic acids is 2. The second kappa shape index (κ2) is 11.4. The van der Waals surface area contributed by atoms with Gasteiger partial charge in [-0.05, 0) is 0 Å². The highest BCUT2D eigenvalue weighted by Crippen LogP contribution is 2.00. The van der Waals surface area contributed by atoms with Gasteiger partial charge < -0.3 is 38.2 Å². The van der Waals surface area contributed by atoms with Crippen molar-refractivity contribution < 1.29 is 38.2 Å². The van der Waals surface area contributed by atoms with Crippen LogP contribution in [0.15, 0.2) is 0 Å². The minimum Gasteiger partial charge on any atom is -0.543 e. The maximum atomic E-state index is 8.93. The maximum Gasteiger partial charge on any atom is 0.189 e. The second-order valence-electron chi connectivity index (χ2n) is 6.48. The molecule has 0 aromatic carbocycles. The van der Waals surface area contributed by atoms with Crippen molar-refractivity contribution in [2.45, 2.75) is 26.3 Å². The minimum atomic E-state index is -2.19. The van der Waals surface area contributed by atoms with Gasteiger partial charge in [-0.25, -0.2) is 0 Å². The van der Waals surface area contributed by atoms with Gasteiger partial charge in [0.2, 0.25) is 0 Å². The first-order chi connectivity index (χ1) is 9.61. The Bertz CT molecular complexity index is 288. The summed E-state index contributed by atoms with van der Waals surface area (Å²) in [5.41, 5.74) is 0. The number of rotatable bonds is 4. The first-order valence-electron chi connectivity index (χ1n) is 6.71. The average molecular weight is 324 g/mol. The molecule has 134 valence electrons. The molecule has 0 saturated heterocycles. The summed E-state index contributed by atoms with van der Waals surface area (Å²) in [5, 5.41) is 17.9. The Morgan fingerprint density at radius 1 is 0.727 bits per heavy atom. The molecule has 0 aliphatic rings. The summed E-state index contributed by atoms with van der Waals surface area (Å²) in [4.78, 5) is 17.9. The largest absolute Gasteiger partial charge is 0.543 e. The smallest absolute Gasteiger partial charge is 0.189 e. The first-order valence-corrected chi connectivity index (χ1v) is 6.71. The molecule has 0 bridgehead atoms. The lowest BCUT2D eigenvalue weighted by Gasteiger charge is -2.29. The number of nitrogens with zero attached hydrogens (tertiary/aromatic N) is 2. The van der Waals surface area contributed by atoms with E-state index >= 15 is 0 Å². The molecule has 2 atom stereocenters. The van der Waals surface area contributed by atoms with Crippen LogP contribution in [-0.4, -0.2) is 89.9 Å². The van der Waals surface area contributed by atoms with Crippen LogP contribution in [0.1, 0.15) is 13.8 Å². The lowest BCUT2D eigenvalue weighted by atomic mass is 10.5. The summed E-state index contributed by atoms with van der Waals surface area (Å²) < 4.78 is 11.9. The minimum absolute atomic E-state index is 0.287. The molecule has 8 nitrogen and oxygen atoms in total. The number of carboxylic acids is 2. The van der Waals surface area contributed by atoms with Crippen molar-refractivity contribution in [3.63, 3.8) is 0 Å². The molecule has 8 heteroatoms. The highest BCUT2D eigenvalue weighted by molar-refractivity contribution is 6.25. The summed E-state index contributed by atoms with van der Waals surface area (Å²) in [6, 6.07) is 0. The molecular formula is C14H32N2O6. The molecule has 0 aromatic heterocycles. The Kier molecular flexibility index (Phi) is 13.3. The third kappa shape index (κ3) is 16.8. The summed E-state index contributed by atoms with van der Waals surface area (Å²) in [6.07, 6.45) is 0.574. The van der Waals surface area contributed by atoms with E-state index in [1.807, 2.05) is 0 Å². The van der Waals surface area contributed by atoms with Crippen LogP contribution in [0.5, 0.6) is 0 Å². The van der Waals surface area contributed by atoms with Crippen LogP contribution in [0.4, 0.5) is 0 Å². The molecule has 22 heavy (non-hydrogen) atoms. The zero-order valence-electron chi connectivity index (χ0n) is 15.5. The van der Waals surface area contributed by atoms with Gasteiger partial charge in [0.15, 0.2) is 12.5 Å². The topological polar surface area (TPSA) is 98.7 Å². The van der Waals surface area contributed by atoms with Crippen molar-refractivity contribution >= 4 is 11.9 Å². The fourth-order valence-electron chi connectivity index (χ4n) is 0.632. The van der Waals surface area contributed by atoms with Crippen molar-refractivity contribution in [1.29, 1.82) is 0 Å². The van der Waals surface area contributed by atoms with Crippen molar-refractivity contribution in [1.82, 2.24) is 0 Å². The number of carboxylic acid groups (broad SMARTS) is 2. The number of quaternary nitrogens is 2. The molecule has 0 radical (unpaired) electrons. The van der Waals surface area contributed by atoms with Gasteiger partial charge in [0.05, 0.1) is 54.2 Å². The first kappa shape index (κ1) is 25.7. The highest BCUT2D eigenvalue weighted by Gasteiger charge is 2.16. The fourth-order valence-corrected chi connectivity index (χ4v) is 0.632. The van der Waals surface area contributed by atoms with Crippen LogP contribution >= 0.6 is 0 Å². The molecule has 0 N–H and O–H groups in total. The number of hydrogen-bond acceptors (Lipinski definition) is 6. The molecule has 2 unspecified atom stereocenters. The SMILES string of the molecule is COC(C)[N+](C)(C)C.COC(C)[N+](C)(C)C.O=C([O-])C(=O)[O-]. The Labute approximate surface area is 134 Å². The van der Waals surface area contributed by atoms with Gasteiger partial charge in [0.1, 0.15) is 0 Å². The van der Waals surface area contributed by atoms with E-state index in [4.69, 9.17) is 29.3 Å². The lowest BCUT2D eigenvalue weighted by Crippen LogP contribution is -2.44. The predicted octanol–water partition coefficient (Wildman–Crippen LogP) is -2.14. The van der Waals surface area contributed by atoms with Crippen LogP contribution in [0, 0.1) is 0 Å². The standard InChI is InChI=1S/2C6H16NO.C2H2O4/c2*1-6(8-5)7(2,3)4;3-1(4)2(5)6/h2*6H,1-5H3;(H,3,4)(H,5,6)/q2*+1;/p-2. The maximum absolute atomic E-state index is 8.93. The molecule has 0 heterocycles. The summed E-state index contributed by atoms with van der Waals surface area (Å²) in [5.74, 6) is -4.37. The highest BCUT2D eigenvalue weighted by atomic mass is 16.5. The van der Waals surface area contributed by atoms with Crippen molar-refractivity contribution in [2.75, 3.05) is 56.5 Å². The second-order valence-corrected chi connectivity index (χ2v) is 6.48. The molecule has 0 spiro atoms. The normalized spacial score (nSPS) is 13.7. The van der Waals surface area contributed by atoms with E-state index in [-0.39, 0.29) is 12.5 Å². The molecular weight excluding hydrogens is 292 g/mol.